The molecule has 1 aromatic carbocycles. The topological polar surface area (TPSA) is 112 Å². The van der Waals surface area contributed by atoms with Gasteiger partial charge in [0.1, 0.15) is 16.6 Å². The molecule has 8 nitrogen and oxygen atoms in total. The number of aromatic nitrogens is 3. The van der Waals surface area contributed by atoms with Gasteiger partial charge in [-0.15, -0.1) is 11.3 Å². The number of amidine groups is 1. The van der Waals surface area contributed by atoms with Crippen LogP contribution in [0.5, 0.6) is 0 Å². The van der Waals surface area contributed by atoms with Crippen LogP contribution in [-0.2, 0) is 6.42 Å². The van der Waals surface area contributed by atoms with Crippen molar-refractivity contribution in [3.05, 3.63) is 70.8 Å². The predicted molar refractivity (Wildman–Crippen MR) is 112 cm³/mol. The Labute approximate surface area is 175 Å². The Balaban J connectivity index is 1.27. The fraction of sp³-hybridized carbons (Fsp3) is 0.143. The van der Waals surface area contributed by atoms with Crippen LogP contribution in [0, 0.1) is 5.41 Å². The quantitative estimate of drug-likeness (QED) is 0.480. The van der Waals surface area contributed by atoms with Crippen LogP contribution in [0.3, 0.4) is 0 Å². The van der Waals surface area contributed by atoms with Gasteiger partial charge in [0.2, 0.25) is 11.7 Å². The Bertz CT molecular complexity index is 1210. The molecule has 4 aromatic rings. The van der Waals surface area contributed by atoms with Gasteiger partial charge in [0, 0.05) is 23.9 Å². The normalized spacial score (nSPS) is 14.1. The number of nitrogens with zero attached hydrogens (tertiary/aromatic N) is 4. The highest BCUT2D eigenvalue weighted by molar-refractivity contribution is 7.11. The predicted octanol–water partition coefficient (Wildman–Crippen LogP) is 4.26. The van der Waals surface area contributed by atoms with E-state index >= 15 is 0 Å². The second-order valence-electron chi connectivity index (χ2n) is 6.73. The molecule has 0 atom stereocenters. The van der Waals surface area contributed by atoms with Gasteiger partial charge in [-0.2, -0.15) is 4.98 Å². The lowest BCUT2D eigenvalue weighted by Crippen LogP contribution is -2.28. The average Bonchev–Trinajstić information content (AvgIpc) is 3.55. The highest BCUT2D eigenvalue weighted by Gasteiger charge is 2.30. The van der Waals surface area contributed by atoms with Crippen LogP contribution < -0.4 is 0 Å². The van der Waals surface area contributed by atoms with Crippen molar-refractivity contribution in [2.24, 2.45) is 0 Å². The van der Waals surface area contributed by atoms with E-state index in [1.54, 1.807) is 23.3 Å². The Hall–Kier alpha value is -3.72. The van der Waals surface area contributed by atoms with Crippen LogP contribution in [0.2, 0.25) is 0 Å². The zero-order chi connectivity index (χ0) is 20.5. The van der Waals surface area contributed by atoms with Gasteiger partial charge in [-0.25, -0.2) is 4.98 Å². The number of hydrogen-bond acceptors (Lipinski definition) is 8. The minimum Gasteiger partial charge on any atom is -0.510 e. The molecule has 3 aromatic heterocycles. The number of hydrogen-bond donors (Lipinski definition) is 2. The van der Waals surface area contributed by atoms with Gasteiger partial charge in [0.25, 0.3) is 0 Å². The minimum atomic E-state index is 0.149. The monoisotopic (exact) mass is 419 g/mol. The van der Waals surface area contributed by atoms with Crippen molar-refractivity contribution in [1.82, 2.24) is 20.0 Å². The molecule has 1 aliphatic heterocycles. The molecule has 0 amide bonds. The van der Waals surface area contributed by atoms with Gasteiger partial charge in [0.05, 0.1) is 24.1 Å². The maximum atomic E-state index is 10.5. The maximum Gasteiger partial charge on any atom is 0.238 e. The van der Waals surface area contributed by atoms with Crippen LogP contribution in [-0.4, -0.2) is 44.1 Å². The van der Waals surface area contributed by atoms with Gasteiger partial charge in [-0.1, -0.05) is 35.5 Å². The van der Waals surface area contributed by atoms with E-state index in [0.717, 1.165) is 11.3 Å². The molecule has 0 aliphatic carbocycles. The van der Waals surface area contributed by atoms with Crippen molar-refractivity contribution < 1.29 is 14.0 Å². The first-order valence-electron chi connectivity index (χ1n) is 9.33. The molecule has 9 heteroatoms. The number of thiazole rings is 1. The summed E-state index contributed by atoms with van der Waals surface area (Å²) in [6.45, 7) is 0.719. The summed E-state index contributed by atoms with van der Waals surface area (Å²) in [5, 5.41) is 25.5. The molecule has 30 heavy (non-hydrogen) atoms. The lowest BCUT2D eigenvalue weighted by molar-refractivity contribution is 0.331. The summed E-state index contributed by atoms with van der Waals surface area (Å²) in [5.41, 5.74) is 2.31. The molecule has 0 bridgehead atoms. The molecule has 150 valence electrons. The van der Waals surface area contributed by atoms with Crippen molar-refractivity contribution in [3.8, 4) is 22.8 Å². The summed E-state index contributed by atoms with van der Waals surface area (Å²) < 4.78 is 10.5. The molecular weight excluding hydrogens is 402 g/mol. The second-order valence-corrected chi connectivity index (χ2v) is 7.59. The number of nitrogens with one attached hydrogen (secondary N) is 1. The van der Waals surface area contributed by atoms with Crippen LogP contribution in [0.15, 0.2) is 68.8 Å². The molecule has 0 radical (unpaired) electrons. The summed E-state index contributed by atoms with van der Waals surface area (Å²) in [4.78, 5) is 10.7. The van der Waals surface area contributed by atoms with E-state index in [-0.39, 0.29) is 18.1 Å². The summed E-state index contributed by atoms with van der Waals surface area (Å²) in [6.07, 6.45) is 2.00. The van der Waals surface area contributed by atoms with Gasteiger partial charge >= 0.3 is 0 Å². The lowest BCUT2D eigenvalue weighted by atomic mass is 10.2. The molecule has 0 saturated carbocycles. The highest BCUT2D eigenvalue weighted by atomic mass is 32.1. The summed E-state index contributed by atoms with van der Waals surface area (Å²) in [7, 11) is 0. The lowest BCUT2D eigenvalue weighted by Gasteiger charge is -2.16. The number of benzene rings is 1. The largest absolute Gasteiger partial charge is 0.510 e. The molecule has 4 heterocycles. The average molecular weight is 419 g/mol. The Morgan fingerprint density at radius 1 is 1.13 bits per heavy atom. The SMILES string of the molecule is N=C1C(c2nc(-c3ccccc3)cs2)=C(O)CN1CCc1nc(-c2ccco2)no1. The van der Waals surface area contributed by atoms with Crippen LogP contribution in [0.25, 0.3) is 28.4 Å². The molecule has 5 rings (SSSR count). The van der Waals surface area contributed by atoms with E-state index in [9.17, 15) is 5.11 Å². The van der Waals surface area contributed by atoms with E-state index in [4.69, 9.17) is 14.3 Å². The van der Waals surface area contributed by atoms with Crippen molar-refractivity contribution in [2.75, 3.05) is 13.1 Å². The Kier molecular flexibility index (Phi) is 4.64. The summed E-state index contributed by atoms with van der Waals surface area (Å²) in [5.74, 6) is 1.77. The fourth-order valence-corrected chi connectivity index (χ4v) is 4.17. The zero-order valence-electron chi connectivity index (χ0n) is 15.8. The highest BCUT2D eigenvalue weighted by Crippen LogP contribution is 2.32. The van der Waals surface area contributed by atoms with Crippen LogP contribution in [0.1, 0.15) is 10.9 Å². The third kappa shape index (κ3) is 3.39. The van der Waals surface area contributed by atoms with Crippen LogP contribution in [0.4, 0.5) is 0 Å². The zero-order valence-corrected chi connectivity index (χ0v) is 16.6. The smallest absolute Gasteiger partial charge is 0.238 e. The van der Waals surface area contributed by atoms with Gasteiger partial charge in [-0.3, -0.25) is 5.41 Å². The number of aliphatic hydroxyl groups excluding tert-OH is 1. The fourth-order valence-electron chi connectivity index (χ4n) is 3.27. The number of rotatable bonds is 6. The number of furan rings is 1. The van der Waals surface area contributed by atoms with Gasteiger partial charge in [-0.05, 0) is 12.1 Å². The third-order valence-corrected chi connectivity index (χ3v) is 5.63. The van der Waals surface area contributed by atoms with Crippen molar-refractivity contribution >= 4 is 22.7 Å². The first-order chi connectivity index (χ1) is 14.7. The molecule has 0 spiro atoms. The third-order valence-electron chi connectivity index (χ3n) is 4.78. The van der Waals surface area contributed by atoms with E-state index in [2.05, 4.69) is 15.1 Å². The van der Waals surface area contributed by atoms with Crippen LogP contribution >= 0.6 is 11.3 Å². The first kappa shape index (κ1) is 18.3. The molecular formula is C21H17N5O3S. The van der Waals surface area contributed by atoms with Crippen molar-refractivity contribution in [3.63, 3.8) is 0 Å². The Morgan fingerprint density at radius 2 is 2.00 bits per heavy atom. The van der Waals surface area contributed by atoms with Crippen molar-refractivity contribution in [2.45, 2.75) is 6.42 Å². The maximum absolute atomic E-state index is 10.5. The van der Waals surface area contributed by atoms with E-state index < -0.39 is 0 Å². The van der Waals surface area contributed by atoms with E-state index in [1.165, 1.54) is 11.3 Å². The second kappa shape index (κ2) is 7.60. The van der Waals surface area contributed by atoms with Crippen molar-refractivity contribution in [1.29, 1.82) is 5.41 Å². The summed E-state index contributed by atoms with van der Waals surface area (Å²) >= 11 is 1.42. The van der Waals surface area contributed by atoms with Gasteiger partial charge in [0.15, 0.2) is 5.76 Å². The standard InChI is InChI=1S/C21H17N5O3S/c22-19-18(21-23-14(12-30-21)13-5-2-1-3-6-13)15(27)11-26(19)9-8-17-24-20(25-29-17)16-7-4-10-28-16/h1-7,10,12,22,27H,8-9,11H2. The minimum absolute atomic E-state index is 0.149. The number of aliphatic hydroxyl groups is 1. The van der Waals surface area contributed by atoms with Gasteiger partial charge < -0.3 is 18.9 Å². The van der Waals surface area contributed by atoms with E-state index in [0.29, 0.717) is 41.0 Å². The molecule has 0 fully saturated rings. The first-order valence-corrected chi connectivity index (χ1v) is 10.2. The molecule has 0 unspecified atom stereocenters. The summed E-state index contributed by atoms with van der Waals surface area (Å²) in [6, 6.07) is 13.4. The molecule has 2 N–H and O–H groups in total. The molecule has 0 saturated heterocycles. The van der Waals surface area contributed by atoms with E-state index in [1.807, 2.05) is 35.7 Å². The molecule has 1 aliphatic rings. The Morgan fingerprint density at radius 3 is 2.80 bits per heavy atom.